The van der Waals surface area contributed by atoms with E-state index in [0.29, 0.717) is 88.8 Å². The number of carbonyl (C=O) groups is 3. The van der Waals surface area contributed by atoms with E-state index in [1.54, 1.807) is 23.5 Å². The van der Waals surface area contributed by atoms with Crippen LogP contribution >= 0.6 is 11.3 Å². The molecule has 2 aliphatic rings. The Bertz CT molecular complexity index is 2830. The summed E-state index contributed by atoms with van der Waals surface area (Å²) in [7, 11) is 0. The van der Waals surface area contributed by atoms with Gasteiger partial charge in [-0.2, -0.15) is 5.10 Å². The molecular weight excluding hydrogens is 1120 g/mol. The van der Waals surface area contributed by atoms with Crippen molar-refractivity contribution in [2.24, 2.45) is 28.8 Å². The van der Waals surface area contributed by atoms with Crippen molar-refractivity contribution in [2.75, 3.05) is 57.8 Å². The largest absolute Gasteiger partial charge is 0.502 e. The van der Waals surface area contributed by atoms with E-state index in [4.69, 9.17) is 52.7 Å². The standard InChI is InChI=1S/C70H91N3O13S/c1-4-66(74)81-47-21-13-11-19-45-79-58-33-37-60(38-34-58)85-68(76)55-29-25-53(26-30-55)51-83-62-41-42-64(57(49-62)50-71-73(43-17-9-7-8-10-18-44-78-6-3)70-72-63-23-15-16-24-65(63)87-70)84-52-54-27-31-56(32-28-54)69(77)86-61-39-35-59(36-40-61)80-46-20-12-14-22-48-82-67(75)5-2/h4-6,15-16,23-24,33-42,49-50,53-56,68,76H,1-3,7-14,17-22,25-32,43-48,51-52H2/b71-50+. The maximum absolute atomic E-state index is 13.4. The zero-order valence-corrected chi connectivity index (χ0v) is 51.6. The van der Waals surface area contributed by atoms with Crippen LogP contribution in [0.2, 0.25) is 0 Å². The Morgan fingerprint density at radius 3 is 1.72 bits per heavy atom. The molecule has 0 amide bonds. The highest BCUT2D eigenvalue weighted by molar-refractivity contribution is 7.22. The van der Waals surface area contributed by atoms with Gasteiger partial charge in [0.05, 0.1) is 74.9 Å². The van der Waals surface area contributed by atoms with Crippen molar-refractivity contribution in [1.82, 2.24) is 4.98 Å². The number of esters is 3. The lowest BCUT2D eigenvalue weighted by Gasteiger charge is -2.31. The maximum Gasteiger partial charge on any atom is 0.330 e. The zero-order chi connectivity index (χ0) is 61.1. The van der Waals surface area contributed by atoms with Crippen LogP contribution in [-0.2, 0) is 28.6 Å². The number of thiazole rings is 1. The molecule has 2 saturated carbocycles. The van der Waals surface area contributed by atoms with Crippen LogP contribution in [0.1, 0.15) is 147 Å². The van der Waals surface area contributed by atoms with Gasteiger partial charge in [-0.25, -0.2) is 19.6 Å². The summed E-state index contributed by atoms with van der Waals surface area (Å²) < 4.78 is 53.4. The molecule has 470 valence electrons. The number of ether oxygens (including phenoxy) is 9. The second kappa shape index (κ2) is 38.7. The third-order valence-electron chi connectivity index (χ3n) is 15.8. The lowest BCUT2D eigenvalue weighted by Crippen LogP contribution is -2.31. The molecule has 7 rings (SSSR count). The minimum atomic E-state index is -0.917. The van der Waals surface area contributed by atoms with Crippen molar-refractivity contribution in [3.63, 3.8) is 0 Å². The maximum atomic E-state index is 13.4. The average molecular weight is 1210 g/mol. The predicted molar refractivity (Wildman–Crippen MR) is 342 cm³/mol. The summed E-state index contributed by atoms with van der Waals surface area (Å²) in [5.41, 5.74) is 1.75. The molecule has 87 heavy (non-hydrogen) atoms. The molecule has 17 heteroatoms. The zero-order valence-electron chi connectivity index (χ0n) is 50.8. The van der Waals surface area contributed by atoms with Gasteiger partial charge in [0, 0.05) is 30.2 Å². The molecule has 0 aliphatic heterocycles. The number of unbranched alkanes of at least 4 members (excludes halogenated alkanes) is 11. The number of aromatic nitrogens is 1. The molecule has 5 aromatic rings. The number of aliphatic hydroxyl groups is 1. The fraction of sp³-hybridized carbons (Fsp3) is 0.500. The first-order valence-electron chi connectivity index (χ1n) is 31.6. The molecular formula is C70H91N3O13S. The molecule has 1 unspecified atom stereocenters. The van der Waals surface area contributed by atoms with Gasteiger partial charge in [0.2, 0.25) is 5.13 Å². The van der Waals surface area contributed by atoms with Crippen molar-refractivity contribution in [1.29, 1.82) is 0 Å². The van der Waals surface area contributed by atoms with Gasteiger partial charge in [-0.05, 0) is 206 Å². The van der Waals surface area contributed by atoms with E-state index in [0.717, 1.165) is 167 Å². The Labute approximate surface area is 518 Å². The molecule has 0 radical (unpaired) electrons. The fourth-order valence-electron chi connectivity index (χ4n) is 10.6. The minimum Gasteiger partial charge on any atom is -0.502 e. The summed E-state index contributed by atoms with van der Waals surface area (Å²) in [5.74, 6) is 3.39. The number of hydrogen-bond acceptors (Lipinski definition) is 17. The highest BCUT2D eigenvalue weighted by Gasteiger charge is 2.30. The van der Waals surface area contributed by atoms with Gasteiger partial charge in [-0.15, -0.1) is 0 Å². The Morgan fingerprint density at radius 1 is 0.586 bits per heavy atom. The van der Waals surface area contributed by atoms with Gasteiger partial charge in [-0.3, -0.25) is 4.79 Å². The van der Waals surface area contributed by atoms with Gasteiger partial charge >= 0.3 is 17.9 Å². The lowest BCUT2D eigenvalue weighted by atomic mass is 9.82. The second-order valence-electron chi connectivity index (χ2n) is 22.5. The van der Waals surface area contributed by atoms with E-state index in [9.17, 15) is 19.5 Å². The smallest absolute Gasteiger partial charge is 0.330 e. The number of aliphatic hydroxyl groups excluding tert-OH is 1. The number of para-hydroxylation sites is 1. The van der Waals surface area contributed by atoms with Crippen LogP contribution < -0.4 is 33.4 Å². The summed E-state index contributed by atoms with van der Waals surface area (Å²) in [6, 6.07) is 28.8. The Hall–Kier alpha value is -7.37. The summed E-state index contributed by atoms with van der Waals surface area (Å²) in [6.45, 7) is 14.9. The molecule has 0 spiro atoms. The number of hydrazone groups is 1. The number of hydrogen-bond donors (Lipinski definition) is 1. The quantitative estimate of drug-likeness (QED) is 0.00569. The van der Waals surface area contributed by atoms with Crippen LogP contribution in [0.5, 0.6) is 34.5 Å². The van der Waals surface area contributed by atoms with Crippen LogP contribution in [0.4, 0.5) is 5.13 Å². The van der Waals surface area contributed by atoms with Crippen molar-refractivity contribution < 1.29 is 62.1 Å². The van der Waals surface area contributed by atoms with Gasteiger partial charge < -0.3 is 47.7 Å². The van der Waals surface area contributed by atoms with Crippen molar-refractivity contribution in [2.45, 2.75) is 148 Å². The van der Waals surface area contributed by atoms with Crippen LogP contribution in [-0.4, -0.2) is 93.3 Å². The van der Waals surface area contributed by atoms with Crippen molar-refractivity contribution in [3.05, 3.63) is 135 Å². The number of carbonyl (C=O) groups excluding carboxylic acids is 3. The van der Waals surface area contributed by atoms with E-state index in [2.05, 4.69) is 25.8 Å². The summed E-state index contributed by atoms with van der Waals surface area (Å²) in [5, 5.41) is 19.1. The highest BCUT2D eigenvalue weighted by atomic mass is 32.1. The van der Waals surface area contributed by atoms with E-state index in [1.165, 1.54) is 18.4 Å². The first kappa shape index (κ1) is 67.1. The topological polar surface area (TPSA) is 183 Å². The van der Waals surface area contributed by atoms with E-state index in [1.807, 2.05) is 84.0 Å². The normalized spacial score (nSPS) is 16.9. The predicted octanol–water partition coefficient (Wildman–Crippen LogP) is 15.3. The third kappa shape index (κ3) is 24.7. The minimum absolute atomic E-state index is 0.00852. The SMILES string of the molecule is C=COCCCCCCCCN(/N=C/c1cc(OCC2CCC(C(O)Oc3ccc(OCCCCCCOC(=O)C=C)cc3)CC2)ccc1OCC1CCC(C(=O)Oc2ccc(OCCCCCCOC(=O)C=C)cc2)CC1)c1nc2ccccc2s1. The lowest BCUT2D eigenvalue weighted by molar-refractivity contribution is -0.140. The van der Waals surface area contributed by atoms with Gasteiger partial charge in [-0.1, -0.05) is 68.9 Å². The van der Waals surface area contributed by atoms with E-state index < -0.39 is 12.3 Å². The number of rotatable bonds is 42. The summed E-state index contributed by atoms with van der Waals surface area (Å²) >= 11 is 1.63. The summed E-state index contributed by atoms with van der Waals surface area (Å²) in [6.07, 6.45) is 25.0. The van der Waals surface area contributed by atoms with Crippen LogP contribution in [0.25, 0.3) is 10.2 Å². The monoisotopic (exact) mass is 1210 g/mol. The average Bonchev–Trinajstić information content (AvgIpc) is 3.44. The molecule has 1 heterocycles. The van der Waals surface area contributed by atoms with Crippen molar-refractivity contribution in [3.8, 4) is 34.5 Å². The van der Waals surface area contributed by atoms with E-state index >= 15 is 0 Å². The number of nitrogens with zero attached hydrogens (tertiary/aromatic N) is 3. The molecule has 0 bridgehead atoms. The molecule has 1 N–H and O–H groups in total. The molecule has 0 saturated heterocycles. The highest BCUT2D eigenvalue weighted by Crippen LogP contribution is 2.36. The van der Waals surface area contributed by atoms with Gasteiger partial charge in [0.15, 0.2) is 6.29 Å². The number of fused-ring (bicyclic) bond motifs is 1. The summed E-state index contributed by atoms with van der Waals surface area (Å²) in [4.78, 5) is 40.7. The first-order valence-corrected chi connectivity index (χ1v) is 32.4. The van der Waals surface area contributed by atoms with E-state index in [-0.39, 0.29) is 29.7 Å². The molecule has 2 fully saturated rings. The van der Waals surface area contributed by atoms with Crippen molar-refractivity contribution >= 4 is 50.8 Å². The Kier molecular flexibility index (Phi) is 29.9. The molecule has 4 aromatic carbocycles. The van der Waals surface area contributed by atoms with Gasteiger partial charge in [0.25, 0.3) is 0 Å². The third-order valence-corrected chi connectivity index (χ3v) is 16.9. The Morgan fingerprint density at radius 2 is 1.11 bits per heavy atom. The molecule has 2 aliphatic carbocycles. The molecule has 1 aromatic heterocycles. The second-order valence-corrected chi connectivity index (χ2v) is 23.5. The van der Waals surface area contributed by atoms with Gasteiger partial charge in [0.1, 0.15) is 34.5 Å². The Balaban J connectivity index is 0.898. The number of anilines is 1. The van der Waals surface area contributed by atoms with Crippen LogP contribution in [0.3, 0.4) is 0 Å². The first-order chi connectivity index (χ1) is 42.7. The molecule has 1 atom stereocenters. The van der Waals surface area contributed by atoms with Crippen LogP contribution in [0.15, 0.2) is 134 Å². The number of benzene rings is 4. The molecule has 16 nitrogen and oxygen atoms in total. The fourth-order valence-corrected chi connectivity index (χ4v) is 11.6. The van der Waals surface area contributed by atoms with Crippen LogP contribution in [0, 0.1) is 23.7 Å².